The van der Waals surface area contributed by atoms with Crippen molar-refractivity contribution in [1.82, 2.24) is 4.90 Å². The van der Waals surface area contributed by atoms with Crippen molar-refractivity contribution in [2.75, 3.05) is 6.54 Å². The average molecular weight is 275 g/mol. The molecular formula is C15H17NO4. The van der Waals surface area contributed by atoms with Crippen LogP contribution >= 0.6 is 0 Å². The van der Waals surface area contributed by atoms with Crippen molar-refractivity contribution in [3.63, 3.8) is 0 Å². The lowest BCUT2D eigenvalue weighted by molar-refractivity contribution is -0.159. The predicted molar refractivity (Wildman–Crippen MR) is 71.7 cm³/mol. The van der Waals surface area contributed by atoms with E-state index < -0.39 is 12.0 Å². The molecule has 1 atom stereocenters. The summed E-state index contributed by atoms with van der Waals surface area (Å²) in [6.45, 7) is 1.84. The molecule has 106 valence electrons. The quantitative estimate of drug-likeness (QED) is 0.780. The summed E-state index contributed by atoms with van der Waals surface area (Å²) in [6, 6.07) is 8.51. The lowest BCUT2D eigenvalue weighted by atomic mass is 10.0. The van der Waals surface area contributed by atoms with Crippen LogP contribution < -0.4 is 0 Å². The van der Waals surface area contributed by atoms with Crippen LogP contribution in [0.2, 0.25) is 0 Å². The fourth-order valence-corrected chi connectivity index (χ4v) is 2.24. The van der Waals surface area contributed by atoms with Crippen LogP contribution in [0.5, 0.6) is 0 Å². The van der Waals surface area contributed by atoms with Crippen molar-refractivity contribution in [3.05, 3.63) is 35.9 Å². The van der Waals surface area contributed by atoms with Crippen LogP contribution in [0.4, 0.5) is 0 Å². The van der Waals surface area contributed by atoms with Crippen LogP contribution in [0.1, 0.15) is 25.3 Å². The molecule has 1 heterocycles. The van der Waals surface area contributed by atoms with Gasteiger partial charge >= 0.3 is 5.97 Å². The molecule has 0 radical (unpaired) electrons. The van der Waals surface area contributed by atoms with E-state index in [0.717, 1.165) is 5.56 Å². The maximum atomic E-state index is 12.1. The molecule has 1 saturated heterocycles. The zero-order valence-corrected chi connectivity index (χ0v) is 11.4. The smallest absolute Gasteiger partial charge is 0.329 e. The minimum Gasteiger partial charge on any atom is -0.459 e. The summed E-state index contributed by atoms with van der Waals surface area (Å²) >= 11 is 0. The van der Waals surface area contributed by atoms with E-state index in [1.54, 1.807) is 0 Å². The summed E-state index contributed by atoms with van der Waals surface area (Å²) in [5.74, 6) is -0.736. The minimum atomic E-state index is -0.780. The largest absolute Gasteiger partial charge is 0.459 e. The maximum Gasteiger partial charge on any atom is 0.329 e. The summed E-state index contributed by atoms with van der Waals surface area (Å²) < 4.78 is 5.21. The molecule has 0 spiro atoms. The van der Waals surface area contributed by atoms with Gasteiger partial charge in [-0.25, -0.2) is 4.79 Å². The number of nitrogens with zero attached hydrogens (tertiary/aromatic N) is 1. The summed E-state index contributed by atoms with van der Waals surface area (Å²) in [5, 5.41) is 0. The Morgan fingerprint density at radius 3 is 2.65 bits per heavy atom. The normalized spacial score (nSPS) is 18.8. The Kier molecular flexibility index (Phi) is 4.50. The molecule has 0 aliphatic carbocycles. The number of esters is 1. The van der Waals surface area contributed by atoms with Gasteiger partial charge in [0.15, 0.2) is 0 Å². The molecule has 2 rings (SSSR count). The number of amides is 1. The van der Waals surface area contributed by atoms with E-state index in [1.807, 2.05) is 30.3 Å². The van der Waals surface area contributed by atoms with Crippen LogP contribution in [-0.2, 0) is 25.7 Å². The molecule has 5 heteroatoms. The molecule has 0 bridgehead atoms. The number of carbonyl (C=O) groups is 3. The van der Waals surface area contributed by atoms with E-state index in [1.165, 1.54) is 11.8 Å². The number of hydrogen-bond acceptors (Lipinski definition) is 4. The van der Waals surface area contributed by atoms with Crippen LogP contribution in [0.15, 0.2) is 30.3 Å². The van der Waals surface area contributed by atoms with E-state index in [9.17, 15) is 14.4 Å². The van der Waals surface area contributed by atoms with E-state index >= 15 is 0 Å². The van der Waals surface area contributed by atoms with E-state index in [2.05, 4.69) is 0 Å². The fourth-order valence-electron chi connectivity index (χ4n) is 2.24. The Morgan fingerprint density at radius 2 is 2.00 bits per heavy atom. The first kappa shape index (κ1) is 14.2. The van der Waals surface area contributed by atoms with Crippen molar-refractivity contribution in [3.8, 4) is 0 Å². The first-order valence-corrected chi connectivity index (χ1v) is 6.57. The van der Waals surface area contributed by atoms with Gasteiger partial charge < -0.3 is 9.64 Å². The molecule has 1 aromatic rings. The second-order valence-corrected chi connectivity index (χ2v) is 4.81. The molecule has 1 aliphatic rings. The highest BCUT2D eigenvalue weighted by Gasteiger charge is 2.35. The molecule has 0 saturated carbocycles. The van der Waals surface area contributed by atoms with Crippen molar-refractivity contribution >= 4 is 17.7 Å². The number of benzene rings is 1. The van der Waals surface area contributed by atoms with E-state index in [0.29, 0.717) is 13.0 Å². The number of piperidine rings is 1. The highest BCUT2D eigenvalue weighted by molar-refractivity contribution is 5.91. The number of likely N-dealkylation sites (tertiary alicyclic amines) is 1. The van der Waals surface area contributed by atoms with E-state index in [-0.39, 0.29) is 24.7 Å². The van der Waals surface area contributed by atoms with Gasteiger partial charge in [-0.15, -0.1) is 0 Å². The van der Waals surface area contributed by atoms with Gasteiger partial charge in [0.25, 0.3) is 0 Å². The third kappa shape index (κ3) is 3.44. The molecule has 5 nitrogen and oxygen atoms in total. The number of rotatable bonds is 3. The predicted octanol–water partition coefficient (Wildman–Crippen LogP) is 1.31. The molecule has 0 N–H and O–H groups in total. The third-order valence-electron chi connectivity index (χ3n) is 3.33. The SMILES string of the molecule is CC(=O)N1CCC(=O)C[C@@H]1C(=O)OCc1ccccc1. The first-order valence-electron chi connectivity index (χ1n) is 6.57. The molecular weight excluding hydrogens is 258 g/mol. The van der Waals surface area contributed by atoms with Crippen LogP contribution in [-0.4, -0.2) is 35.1 Å². The molecule has 1 aromatic carbocycles. The van der Waals surface area contributed by atoms with E-state index in [4.69, 9.17) is 4.74 Å². The molecule has 1 fully saturated rings. The summed E-state index contributed by atoms with van der Waals surface area (Å²) in [5.41, 5.74) is 0.873. The lowest BCUT2D eigenvalue weighted by Gasteiger charge is -2.32. The average Bonchev–Trinajstić information content (AvgIpc) is 2.45. The highest BCUT2D eigenvalue weighted by atomic mass is 16.5. The first-order chi connectivity index (χ1) is 9.58. The van der Waals surface area contributed by atoms with Gasteiger partial charge in [-0.3, -0.25) is 9.59 Å². The standard InChI is InChI=1S/C15H17NO4/c1-11(17)16-8-7-13(18)9-14(16)15(19)20-10-12-5-3-2-4-6-12/h2-6,14H,7-10H2,1H3/t14-/m1/s1. The lowest BCUT2D eigenvalue weighted by Crippen LogP contribution is -2.50. The Labute approximate surface area is 117 Å². The van der Waals surface area contributed by atoms with Gasteiger partial charge in [0.05, 0.1) is 0 Å². The fraction of sp³-hybridized carbons (Fsp3) is 0.400. The van der Waals surface area contributed by atoms with Gasteiger partial charge in [-0.2, -0.15) is 0 Å². The van der Waals surface area contributed by atoms with Crippen molar-refractivity contribution in [2.45, 2.75) is 32.4 Å². The van der Waals surface area contributed by atoms with Gasteiger partial charge in [0.2, 0.25) is 5.91 Å². The van der Waals surface area contributed by atoms with Crippen LogP contribution in [0.3, 0.4) is 0 Å². The Bertz CT molecular complexity index is 512. The number of hydrogen-bond donors (Lipinski definition) is 0. The summed E-state index contributed by atoms with van der Waals surface area (Å²) in [6.07, 6.45) is 0.356. The monoisotopic (exact) mass is 275 g/mol. The molecule has 1 aliphatic heterocycles. The number of ketones is 1. The zero-order valence-electron chi connectivity index (χ0n) is 11.4. The van der Waals surface area contributed by atoms with Gasteiger partial charge in [-0.1, -0.05) is 30.3 Å². The second kappa shape index (κ2) is 6.32. The van der Waals surface area contributed by atoms with Gasteiger partial charge in [0.1, 0.15) is 18.4 Å². The zero-order chi connectivity index (χ0) is 14.5. The summed E-state index contributed by atoms with van der Waals surface area (Å²) in [7, 11) is 0. The molecule has 0 unspecified atom stereocenters. The van der Waals surface area contributed by atoms with Gasteiger partial charge in [-0.05, 0) is 5.56 Å². The maximum absolute atomic E-state index is 12.1. The minimum absolute atomic E-state index is 0.0100. The number of carbonyl (C=O) groups excluding carboxylic acids is 3. The number of ether oxygens (including phenoxy) is 1. The van der Waals surface area contributed by atoms with Gasteiger partial charge in [0, 0.05) is 26.3 Å². The molecule has 1 amide bonds. The Morgan fingerprint density at radius 1 is 1.30 bits per heavy atom. The Hall–Kier alpha value is -2.17. The highest BCUT2D eigenvalue weighted by Crippen LogP contribution is 2.16. The second-order valence-electron chi connectivity index (χ2n) is 4.81. The molecule has 0 aromatic heterocycles. The third-order valence-corrected chi connectivity index (χ3v) is 3.33. The van der Waals surface area contributed by atoms with Crippen LogP contribution in [0.25, 0.3) is 0 Å². The van der Waals surface area contributed by atoms with Crippen molar-refractivity contribution in [1.29, 1.82) is 0 Å². The summed E-state index contributed by atoms with van der Waals surface area (Å²) in [4.78, 5) is 36.5. The van der Waals surface area contributed by atoms with Crippen LogP contribution in [0, 0.1) is 0 Å². The Balaban J connectivity index is 1.98. The van der Waals surface area contributed by atoms with Crippen molar-refractivity contribution in [2.24, 2.45) is 0 Å². The molecule has 20 heavy (non-hydrogen) atoms. The topological polar surface area (TPSA) is 63.7 Å². The van der Waals surface area contributed by atoms with Crippen molar-refractivity contribution < 1.29 is 19.1 Å². The number of Topliss-reactive ketones (excluding diaryl/α,β-unsaturated/α-hetero) is 1.